The lowest BCUT2D eigenvalue weighted by Gasteiger charge is -2.20. The van der Waals surface area contributed by atoms with E-state index in [1.165, 1.54) is 0 Å². The highest BCUT2D eigenvalue weighted by molar-refractivity contribution is 6.37. The molecule has 1 amide bonds. The molecule has 7 aromatic rings. The average Bonchev–Trinajstić information content (AvgIpc) is 3.08. The van der Waals surface area contributed by atoms with E-state index in [2.05, 4.69) is 5.32 Å². The van der Waals surface area contributed by atoms with Gasteiger partial charge in [-0.15, -0.1) is 0 Å². The van der Waals surface area contributed by atoms with Gasteiger partial charge in [0, 0.05) is 35.0 Å². The Morgan fingerprint density at radius 2 is 1.09 bits per heavy atom. The van der Waals surface area contributed by atoms with Crippen molar-refractivity contribution in [2.75, 3.05) is 6.54 Å². The summed E-state index contributed by atoms with van der Waals surface area (Å²) in [5, 5.41) is 22.0. The number of aryl methyl sites for hydroxylation is 2. The number of hydrogen-bond donors (Lipinski definition) is 1. The molecule has 5 nitrogen and oxygen atoms in total. The maximum Gasteiger partial charge on any atom is 0.251 e. The molecule has 0 saturated carbocycles. The molecule has 0 spiro atoms. The van der Waals surface area contributed by atoms with Crippen LogP contribution in [0.2, 0.25) is 0 Å². The van der Waals surface area contributed by atoms with Crippen molar-refractivity contribution in [2.24, 2.45) is 0 Å². The quantitative estimate of drug-likeness (QED) is 0.0993. The molecular weight excluding hydrogens is 570 g/mol. The Balaban J connectivity index is 1.33. The van der Waals surface area contributed by atoms with Crippen molar-refractivity contribution in [3.8, 4) is 0 Å². The van der Waals surface area contributed by atoms with E-state index >= 15 is 0 Å². The van der Waals surface area contributed by atoms with E-state index in [4.69, 9.17) is 0 Å². The zero-order chi connectivity index (χ0) is 31.8. The largest absolute Gasteiger partial charge is 0.545 e. The average molecular weight is 603 g/mol. The number of carboxylic acids is 1. The van der Waals surface area contributed by atoms with Crippen LogP contribution < -0.4 is 10.4 Å². The molecule has 7 aromatic carbocycles. The van der Waals surface area contributed by atoms with E-state index < -0.39 is 5.97 Å². The molecule has 46 heavy (non-hydrogen) atoms. The number of carboxylic acid groups (broad SMARTS) is 1. The summed E-state index contributed by atoms with van der Waals surface area (Å²) in [5.41, 5.74) is 4.30. The lowest BCUT2D eigenvalue weighted by atomic mass is 9.83. The fourth-order valence-corrected chi connectivity index (χ4v) is 6.94. The number of ketones is 1. The first-order valence-corrected chi connectivity index (χ1v) is 15.7. The van der Waals surface area contributed by atoms with Crippen LogP contribution in [0, 0.1) is 6.92 Å². The van der Waals surface area contributed by atoms with E-state index in [0.717, 1.165) is 67.2 Å². The van der Waals surface area contributed by atoms with Crippen LogP contribution in [0.15, 0.2) is 109 Å². The van der Waals surface area contributed by atoms with Gasteiger partial charge in [-0.25, -0.2) is 0 Å². The van der Waals surface area contributed by atoms with Crippen molar-refractivity contribution in [2.45, 2.75) is 32.6 Å². The Morgan fingerprint density at radius 3 is 1.70 bits per heavy atom. The number of aromatic carboxylic acids is 1. The minimum atomic E-state index is -1.32. The van der Waals surface area contributed by atoms with Crippen molar-refractivity contribution >= 4 is 60.7 Å². The van der Waals surface area contributed by atoms with E-state index in [1.807, 2.05) is 97.9 Å². The number of hydrogen-bond acceptors (Lipinski definition) is 4. The van der Waals surface area contributed by atoms with E-state index in [0.29, 0.717) is 35.9 Å². The second-order valence-electron chi connectivity index (χ2n) is 12.0. The highest BCUT2D eigenvalue weighted by Gasteiger charge is 2.22. The minimum Gasteiger partial charge on any atom is -0.545 e. The lowest BCUT2D eigenvalue weighted by Crippen LogP contribution is -2.26. The van der Waals surface area contributed by atoms with Crippen LogP contribution in [0.4, 0.5) is 0 Å². The summed E-state index contributed by atoms with van der Waals surface area (Å²) in [4.78, 5) is 39.7. The molecule has 0 bridgehead atoms. The Hall–Kier alpha value is -5.55. The van der Waals surface area contributed by atoms with Crippen LogP contribution in [0.5, 0.6) is 0 Å². The first kappa shape index (κ1) is 29.2. The molecule has 0 aromatic heterocycles. The molecule has 0 fully saturated rings. The summed E-state index contributed by atoms with van der Waals surface area (Å²) in [7, 11) is 0. The summed E-state index contributed by atoms with van der Waals surface area (Å²) >= 11 is 0. The van der Waals surface area contributed by atoms with Crippen molar-refractivity contribution in [3.63, 3.8) is 0 Å². The molecule has 0 aliphatic carbocycles. The highest BCUT2D eigenvalue weighted by atomic mass is 16.4. The van der Waals surface area contributed by atoms with Crippen LogP contribution in [0.25, 0.3) is 43.1 Å². The van der Waals surface area contributed by atoms with Gasteiger partial charge in [-0.2, -0.15) is 0 Å². The van der Waals surface area contributed by atoms with Crippen LogP contribution in [0.1, 0.15) is 60.6 Å². The van der Waals surface area contributed by atoms with Crippen molar-refractivity contribution in [1.82, 2.24) is 5.32 Å². The van der Waals surface area contributed by atoms with Gasteiger partial charge < -0.3 is 15.2 Å². The molecule has 0 heterocycles. The monoisotopic (exact) mass is 602 g/mol. The normalized spacial score (nSPS) is 11.5. The fourth-order valence-electron chi connectivity index (χ4n) is 6.94. The Labute approximate surface area is 266 Å². The molecule has 7 rings (SSSR count). The zero-order valence-electron chi connectivity index (χ0n) is 25.6. The molecule has 0 aliphatic rings. The lowest BCUT2D eigenvalue weighted by molar-refractivity contribution is -0.254. The first-order chi connectivity index (χ1) is 22.4. The van der Waals surface area contributed by atoms with Crippen LogP contribution in [0.3, 0.4) is 0 Å². The Kier molecular flexibility index (Phi) is 7.67. The molecule has 0 atom stereocenters. The molecule has 0 radical (unpaired) electrons. The fraction of sp³-hybridized carbons (Fsp3) is 0.146. The number of rotatable bonds is 10. The van der Waals surface area contributed by atoms with Crippen molar-refractivity contribution in [1.29, 1.82) is 0 Å². The van der Waals surface area contributed by atoms with Crippen LogP contribution in [-0.4, -0.2) is 24.2 Å². The number of carbonyl (C=O) groups is 3. The zero-order valence-corrected chi connectivity index (χ0v) is 25.6. The third-order valence-electron chi connectivity index (χ3n) is 9.13. The van der Waals surface area contributed by atoms with Crippen LogP contribution >= 0.6 is 0 Å². The van der Waals surface area contributed by atoms with E-state index in [-0.39, 0.29) is 17.3 Å². The number of amides is 1. The molecule has 226 valence electrons. The maximum atomic E-state index is 13.7. The predicted molar refractivity (Wildman–Crippen MR) is 183 cm³/mol. The number of carbonyl (C=O) groups excluding carboxylic acids is 3. The van der Waals surface area contributed by atoms with Gasteiger partial charge in [-0.05, 0) is 86.6 Å². The second-order valence-corrected chi connectivity index (χ2v) is 12.0. The molecule has 0 unspecified atom stereocenters. The van der Waals surface area contributed by atoms with Crippen molar-refractivity contribution in [3.05, 3.63) is 143 Å². The summed E-state index contributed by atoms with van der Waals surface area (Å²) in [6.07, 6.45) is 2.45. The van der Waals surface area contributed by atoms with Gasteiger partial charge in [-0.3, -0.25) is 9.59 Å². The van der Waals surface area contributed by atoms with Gasteiger partial charge in [0.1, 0.15) is 0 Å². The van der Waals surface area contributed by atoms with E-state index in [1.54, 1.807) is 18.2 Å². The van der Waals surface area contributed by atoms with Gasteiger partial charge in [0.2, 0.25) is 0 Å². The topological polar surface area (TPSA) is 86.3 Å². The molecule has 0 aliphatic heterocycles. The SMILES string of the molecule is Cc1ccc2c3ccc(C(=O)[O-])c4c(C(=O)CCCc5ccccc5)ccc(c5ccc(C(=O)NCCc6ccccc6)c1c25)c43. The Morgan fingerprint density at radius 1 is 0.565 bits per heavy atom. The van der Waals surface area contributed by atoms with Gasteiger partial charge >= 0.3 is 0 Å². The molecular formula is C41H32NO4-. The summed E-state index contributed by atoms with van der Waals surface area (Å²) in [6, 6.07) is 35.0. The number of benzene rings is 7. The standard InChI is InChI=1S/C41H33NO4/c1-25-15-16-28-31-19-22-34(41(45)46)39-32(35(43)14-8-13-26-9-4-2-5-10-26)20-17-30(38(31)39)29-18-21-33(36(25)37(28)29)40(44)42-24-23-27-11-6-3-7-12-27/h2-7,9-12,15-22H,8,13-14,23-24H2,1H3,(H,42,44)(H,45,46)/p-1. The van der Waals surface area contributed by atoms with Gasteiger partial charge in [0.15, 0.2) is 5.78 Å². The van der Waals surface area contributed by atoms with E-state index in [9.17, 15) is 19.5 Å². The second kappa shape index (κ2) is 12.1. The smallest absolute Gasteiger partial charge is 0.251 e. The third kappa shape index (κ3) is 5.14. The molecule has 5 heteroatoms. The Bertz CT molecular complexity index is 2250. The van der Waals surface area contributed by atoms with Gasteiger partial charge in [0.25, 0.3) is 5.91 Å². The predicted octanol–water partition coefficient (Wildman–Crippen LogP) is 7.59. The number of fused-ring (bicyclic) bond motifs is 2. The maximum absolute atomic E-state index is 13.7. The molecule has 0 saturated heterocycles. The summed E-state index contributed by atoms with van der Waals surface area (Å²) in [5.74, 6) is -1.55. The third-order valence-corrected chi connectivity index (χ3v) is 9.13. The summed E-state index contributed by atoms with van der Waals surface area (Å²) < 4.78 is 0. The first-order valence-electron chi connectivity index (χ1n) is 15.7. The van der Waals surface area contributed by atoms with Gasteiger partial charge in [0.05, 0.1) is 5.97 Å². The highest BCUT2D eigenvalue weighted by Crippen LogP contribution is 2.44. The number of Topliss-reactive ketones (excluding diaryl/α,β-unsaturated/α-hetero) is 1. The molecule has 1 N–H and O–H groups in total. The van der Waals surface area contributed by atoms with Gasteiger partial charge in [-0.1, -0.05) is 103 Å². The van der Waals surface area contributed by atoms with Crippen molar-refractivity contribution < 1.29 is 19.5 Å². The van der Waals surface area contributed by atoms with Crippen LogP contribution in [-0.2, 0) is 12.8 Å². The minimum absolute atomic E-state index is 0.00762. The number of nitrogens with one attached hydrogen (secondary N) is 1. The summed E-state index contributed by atoms with van der Waals surface area (Å²) in [6.45, 7) is 2.52.